The van der Waals surface area contributed by atoms with Crippen molar-refractivity contribution in [1.82, 2.24) is 4.98 Å². The monoisotopic (exact) mass is 268 g/mol. The highest BCUT2D eigenvalue weighted by Gasteiger charge is 2.65. The molecule has 3 rings (SSSR count). The fourth-order valence-corrected chi connectivity index (χ4v) is 3.73. The zero-order valence-corrected chi connectivity index (χ0v) is 10.6. The average Bonchev–Trinajstić information content (AvgIpc) is 3.09. The first-order valence-corrected chi connectivity index (χ1v) is 6.46. The minimum Gasteiger partial charge on any atom is -0.397 e. The number of rotatable bonds is 2. The number of nitrogens with two attached hydrogens (primary N) is 1. The molecule has 1 aliphatic carbocycles. The second-order valence-electron chi connectivity index (χ2n) is 5.01. The molecule has 2 heterocycles. The Balaban J connectivity index is 2.08. The Labute approximate surface area is 108 Å². The number of thioether (sulfide) groups is 1. The molecule has 1 aliphatic heterocycles. The van der Waals surface area contributed by atoms with Crippen LogP contribution < -0.4 is 5.73 Å². The third-order valence-corrected chi connectivity index (χ3v) is 5.01. The topological polar surface area (TPSA) is 51.3 Å². The van der Waals surface area contributed by atoms with Crippen LogP contribution in [0, 0.1) is 11.9 Å². The van der Waals surface area contributed by atoms with Gasteiger partial charge in [0.25, 0.3) is 0 Å². The van der Waals surface area contributed by atoms with E-state index in [0.29, 0.717) is 17.7 Å². The van der Waals surface area contributed by atoms with Crippen molar-refractivity contribution in [1.29, 1.82) is 0 Å². The van der Waals surface area contributed by atoms with Gasteiger partial charge >= 0.3 is 0 Å². The Morgan fingerprint density at radius 2 is 2.44 bits per heavy atom. The number of fused-ring (bicyclic) bond motifs is 1. The standard InChI is InChI=1S/C12H12F2N3S/c1-11(8-2-7(15)4-16-10(8)14)9-3-12(9,5-13)18-6-17-11/h2,4,9H,3,5,15H2,1H3/t9-,11+,12+/m0/s1. The van der Waals surface area contributed by atoms with Crippen molar-refractivity contribution in [2.24, 2.45) is 10.9 Å². The molecular formula is C12H12F2N3S. The molecule has 0 saturated heterocycles. The maximum atomic E-state index is 13.9. The Morgan fingerprint density at radius 3 is 3.17 bits per heavy atom. The third kappa shape index (κ3) is 1.48. The molecule has 3 nitrogen and oxygen atoms in total. The zero-order valence-electron chi connectivity index (χ0n) is 9.78. The van der Waals surface area contributed by atoms with Crippen LogP contribution in [0.1, 0.15) is 18.9 Å². The number of nitrogen functional groups attached to an aromatic ring is 1. The molecule has 0 aromatic carbocycles. The van der Waals surface area contributed by atoms with Gasteiger partial charge in [0.15, 0.2) is 0 Å². The van der Waals surface area contributed by atoms with Gasteiger partial charge in [0.1, 0.15) is 12.2 Å². The number of halogens is 2. The fourth-order valence-electron chi connectivity index (χ4n) is 2.64. The summed E-state index contributed by atoms with van der Waals surface area (Å²) < 4.78 is 26.5. The SMILES string of the molecule is C[C@]1(c2cc(N)cnc2F)N=[C]S[C@@]2(CF)C[C@H]21. The smallest absolute Gasteiger partial charge is 0.218 e. The van der Waals surface area contributed by atoms with Gasteiger partial charge in [-0.3, -0.25) is 4.99 Å². The molecule has 0 amide bonds. The van der Waals surface area contributed by atoms with E-state index in [1.165, 1.54) is 24.0 Å². The van der Waals surface area contributed by atoms with Gasteiger partial charge in [-0.15, -0.1) is 0 Å². The van der Waals surface area contributed by atoms with Gasteiger partial charge in [0, 0.05) is 11.5 Å². The molecule has 3 atom stereocenters. The van der Waals surface area contributed by atoms with Crippen LogP contribution in [0.25, 0.3) is 0 Å². The van der Waals surface area contributed by atoms with E-state index >= 15 is 0 Å². The number of pyridine rings is 1. The molecule has 1 saturated carbocycles. The molecule has 2 N–H and O–H groups in total. The van der Waals surface area contributed by atoms with Crippen molar-refractivity contribution in [3.8, 4) is 0 Å². The second kappa shape index (κ2) is 3.66. The van der Waals surface area contributed by atoms with E-state index in [1.54, 1.807) is 6.92 Å². The minimum atomic E-state index is -0.816. The maximum absolute atomic E-state index is 13.9. The number of anilines is 1. The first-order chi connectivity index (χ1) is 8.52. The van der Waals surface area contributed by atoms with Crippen LogP contribution in [0.2, 0.25) is 0 Å². The highest BCUT2D eigenvalue weighted by Crippen LogP contribution is 2.65. The van der Waals surface area contributed by atoms with Crippen LogP contribution in [0.3, 0.4) is 0 Å². The Morgan fingerprint density at radius 1 is 1.67 bits per heavy atom. The molecule has 1 fully saturated rings. The lowest BCUT2D eigenvalue weighted by molar-refractivity contribution is 0.361. The zero-order chi connectivity index (χ0) is 13.0. The van der Waals surface area contributed by atoms with Gasteiger partial charge < -0.3 is 5.73 Å². The second-order valence-corrected chi connectivity index (χ2v) is 6.21. The lowest BCUT2D eigenvalue weighted by atomic mass is 9.87. The summed E-state index contributed by atoms with van der Waals surface area (Å²) in [6, 6.07) is 1.53. The van der Waals surface area contributed by atoms with E-state index in [9.17, 15) is 8.78 Å². The van der Waals surface area contributed by atoms with E-state index in [1.807, 2.05) is 0 Å². The number of nitrogens with zero attached hydrogens (tertiary/aromatic N) is 2. The van der Waals surface area contributed by atoms with Crippen LogP contribution in [0.15, 0.2) is 17.3 Å². The van der Waals surface area contributed by atoms with Crippen molar-refractivity contribution in [2.45, 2.75) is 23.6 Å². The number of aliphatic imine (C=N–C) groups is 1. The first kappa shape index (κ1) is 11.9. The van der Waals surface area contributed by atoms with Gasteiger partial charge in [0.05, 0.1) is 22.2 Å². The van der Waals surface area contributed by atoms with Gasteiger partial charge in [-0.1, -0.05) is 11.8 Å². The third-order valence-electron chi connectivity index (χ3n) is 3.86. The summed E-state index contributed by atoms with van der Waals surface area (Å²) in [7, 11) is 0. The van der Waals surface area contributed by atoms with E-state index in [4.69, 9.17) is 5.73 Å². The molecule has 1 radical (unpaired) electrons. The highest BCUT2D eigenvalue weighted by atomic mass is 32.2. The molecule has 0 spiro atoms. The van der Waals surface area contributed by atoms with Crippen molar-refractivity contribution < 1.29 is 8.78 Å². The highest BCUT2D eigenvalue weighted by molar-refractivity contribution is 8.13. The van der Waals surface area contributed by atoms with Crippen LogP contribution in [-0.2, 0) is 5.54 Å². The van der Waals surface area contributed by atoms with Gasteiger partial charge in [-0.25, -0.2) is 9.37 Å². The molecule has 1 aromatic heterocycles. The molecule has 95 valence electrons. The lowest BCUT2D eigenvalue weighted by Crippen LogP contribution is -2.32. The fraction of sp³-hybridized carbons (Fsp3) is 0.500. The summed E-state index contributed by atoms with van der Waals surface area (Å²) in [4.78, 5) is 7.88. The molecule has 6 heteroatoms. The molecule has 18 heavy (non-hydrogen) atoms. The van der Waals surface area contributed by atoms with Crippen LogP contribution in [-0.4, -0.2) is 22.0 Å². The van der Waals surface area contributed by atoms with Crippen molar-refractivity contribution in [3.63, 3.8) is 0 Å². The van der Waals surface area contributed by atoms with Gasteiger partial charge in [0.2, 0.25) is 5.95 Å². The lowest BCUT2D eigenvalue weighted by Gasteiger charge is -2.31. The van der Waals surface area contributed by atoms with E-state index in [2.05, 4.69) is 15.5 Å². The van der Waals surface area contributed by atoms with Gasteiger partial charge in [-0.05, 0) is 19.4 Å². The summed E-state index contributed by atoms with van der Waals surface area (Å²) in [5, 5.41) is 0. The summed E-state index contributed by atoms with van der Waals surface area (Å²) in [6.07, 6.45) is 1.94. The van der Waals surface area contributed by atoms with Gasteiger partial charge in [-0.2, -0.15) is 4.39 Å². The molecule has 0 unspecified atom stereocenters. The summed E-state index contributed by atoms with van der Waals surface area (Å²) in [6.45, 7) is 1.35. The summed E-state index contributed by atoms with van der Waals surface area (Å²) >= 11 is 1.28. The molecular weight excluding hydrogens is 256 g/mol. The molecule has 0 bridgehead atoms. The average molecular weight is 268 g/mol. The van der Waals surface area contributed by atoms with Crippen molar-refractivity contribution in [2.75, 3.05) is 12.4 Å². The minimum absolute atomic E-state index is 0.0284. The number of alkyl halides is 1. The molecule has 2 aliphatic rings. The predicted molar refractivity (Wildman–Crippen MR) is 67.8 cm³/mol. The van der Waals surface area contributed by atoms with Crippen molar-refractivity contribution >= 4 is 23.0 Å². The summed E-state index contributed by atoms with van der Waals surface area (Å²) in [5.41, 5.74) is 8.31. The Hall–Kier alpha value is -1.17. The number of hydrogen-bond donors (Lipinski definition) is 1. The van der Waals surface area contributed by atoms with Crippen LogP contribution >= 0.6 is 11.8 Å². The quantitative estimate of drug-likeness (QED) is 0.838. The summed E-state index contributed by atoms with van der Waals surface area (Å²) in [5.74, 6) is -0.622. The maximum Gasteiger partial charge on any atom is 0.218 e. The number of hydrogen-bond acceptors (Lipinski definition) is 4. The van der Waals surface area contributed by atoms with E-state index in [-0.39, 0.29) is 5.92 Å². The predicted octanol–water partition coefficient (Wildman–Crippen LogP) is 2.40. The van der Waals surface area contributed by atoms with E-state index in [0.717, 1.165) is 0 Å². The Bertz CT molecular complexity index is 536. The van der Waals surface area contributed by atoms with Crippen LogP contribution in [0.4, 0.5) is 14.5 Å². The largest absolute Gasteiger partial charge is 0.397 e. The normalized spacial score (nSPS) is 37.4. The molecule has 1 aromatic rings. The van der Waals surface area contributed by atoms with Crippen LogP contribution in [0.5, 0.6) is 0 Å². The Kier molecular flexibility index (Phi) is 2.42. The first-order valence-electron chi connectivity index (χ1n) is 5.64. The number of aromatic nitrogens is 1. The van der Waals surface area contributed by atoms with E-state index < -0.39 is 22.9 Å². The van der Waals surface area contributed by atoms with Crippen molar-refractivity contribution in [3.05, 3.63) is 23.8 Å².